The minimum absolute atomic E-state index is 0.407. The van der Waals surface area contributed by atoms with Crippen molar-refractivity contribution in [3.05, 3.63) is 41.1 Å². The monoisotopic (exact) mass is 268 g/mol. The fourth-order valence-electron chi connectivity index (χ4n) is 2.44. The molecule has 102 valence electrons. The highest BCUT2D eigenvalue weighted by molar-refractivity contribution is 5.85. The van der Waals surface area contributed by atoms with E-state index in [4.69, 9.17) is 9.78 Å². The summed E-state index contributed by atoms with van der Waals surface area (Å²) in [7, 11) is 0. The van der Waals surface area contributed by atoms with Gasteiger partial charge in [0.15, 0.2) is 0 Å². The first-order valence-corrected chi connectivity index (χ1v) is 6.89. The van der Waals surface area contributed by atoms with Gasteiger partial charge in [0.1, 0.15) is 12.7 Å². The van der Waals surface area contributed by atoms with Gasteiger partial charge in [-0.3, -0.25) is 4.98 Å². The van der Waals surface area contributed by atoms with Crippen molar-refractivity contribution in [2.45, 2.75) is 32.3 Å². The van der Waals surface area contributed by atoms with E-state index in [2.05, 4.69) is 17.1 Å². The Labute approximate surface area is 117 Å². The lowest BCUT2D eigenvalue weighted by Gasteiger charge is -2.09. The maximum absolute atomic E-state index is 9.26. The van der Waals surface area contributed by atoms with Crippen molar-refractivity contribution < 1.29 is 9.78 Å². The minimum Gasteiger partial charge on any atom is -0.255 e. The Morgan fingerprint density at radius 2 is 2.20 bits per heavy atom. The van der Waals surface area contributed by atoms with Crippen LogP contribution in [0.2, 0.25) is 0 Å². The van der Waals surface area contributed by atoms with Crippen LogP contribution in [0.5, 0.6) is 0 Å². The molecule has 0 N–H and O–H groups in total. The van der Waals surface area contributed by atoms with E-state index in [9.17, 15) is 5.26 Å². The summed E-state index contributed by atoms with van der Waals surface area (Å²) >= 11 is 0. The quantitative estimate of drug-likeness (QED) is 0.473. The van der Waals surface area contributed by atoms with Crippen LogP contribution in [-0.4, -0.2) is 11.6 Å². The predicted octanol–water partition coefficient (Wildman–Crippen LogP) is 3.45. The van der Waals surface area contributed by atoms with Crippen LogP contribution in [0.4, 0.5) is 0 Å². The van der Waals surface area contributed by atoms with Crippen molar-refractivity contribution in [2.75, 3.05) is 6.61 Å². The van der Waals surface area contributed by atoms with E-state index < -0.39 is 0 Å². The predicted molar refractivity (Wildman–Crippen MR) is 74.8 cm³/mol. The molecule has 1 aliphatic rings. The molecular formula is C16H16N2O2. The van der Waals surface area contributed by atoms with Gasteiger partial charge in [-0.25, -0.2) is 9.78 Å². The molecule has 1 saturated carbocycles. The summed E-state index contributed by atoms with van der Waals surface area (Å²) < 4.78 is 0. The normalized spacial score (nSPS) is 14.4. The number of fused-ring (bicyclic) bond motifs is 1. The summed E-state index contributed by atoms with van der Waals surface area (Å²) in [5.41, 5.74) is 3.81. The van der Waals surface area contributed by atoms with Crippen molar-refractivity contribution in [3.8, 4) is 6.07 Å². The van der Waals surface area contributed by atoms with E-state index in [1.165, 1.54) is 0 Å². The highest BCUT2D eigenvalue weighted by Gasteiger charge is 2.28. The summed E-state index contributed by atoms with van der Waals surface area (Å²) in [6, 6.07) is 8.29. The Balaban J connectivity index is 2.02. The van der Waals surface area contributed by atoms with Gasteiger partial charge in [0.05, 0.1) is 17.7 Å². The van der Waals surface area contributed by atoms with Gasteiger partial charge in [0.25, 0.3) is 0 Å². The van der Waals surface area contributed by atoms with Crippen LogP contribution in [0, 0.1) is 11.3 Å². The molecule has 0 aliphatic heterocycles. The lowest BCUT2D eigenvalue weighted by Crippen LogP contribution is -1.97. The Morgan fingerprint density at radius 3 is 2.90 bits per heavy atom. The molecule has 0 amide bonds. The number of rotatable bonds is 5. The Morgan fingerprint density at radius 1 is 1.35 bits per heavy atom. The van der Waals surface area contributed by atoms with Crippen molar-refractivity contribution >= 4 is 10.9 Å². The number of nitrogens with zero attached hydrogens (tertiary/aromatic N) is 2. The molecule has 1 heterocycles. The molecule has 2 aromatic rings. The zero-order valence-corrected chi connectivity index (χ0v) is 11.4. The molecule has 4 nitrogen and oxygen atoms in total. The van der Waals surface area contributed by atoms with Crippen molar-refractivity contribution in [1.82, 2.24) is 4.98 Å². The molecule has 0 bridgehead atoms. The molecule has 1 aliphatic carbocycles. The first-order chi connectivity index (χ1) is 9.83. The standard InChI is InChI=1S/C16H16N2O2/c1-2-19-20-10-11-3-6-15-14(7-11)16(12-4-5-12)13(8-17)9-18-15/h3,6-7,9,12H,2,4-5,10H2,1H3. The lowest BCUT2D eigenvalue weighted by molar-refractivity contribution is -0.300. The van der Waals surface area contributed by atoms with E-state index >= 15 is 0 Å². The molecule has 0 atom stereocenters. The van der Waals surface area contributed by atoms with Gasteiger partial charge < -0.3 is 0 Å². The lowest BCUT2D eigenvalue weighted by atomic mass is 9.99. The van der Waals surface area contributed by atoms with Crippen LogP contribution < -0.4 is 0 Å². The van der Waals surface area contributed by atoms with E-state index in [-0.39, 0.29) is 0 Å². The van der Waals surface area contributed by atoms with Gasteiger partial charge >= 0.3 is 0 Å². The van der Waals surface area contributed by atoms with Gasteiger partial charge in [0, 0.05) is 11.6 Å². The summed E-state index contributed by atoms with van der Waals surface area (Å²) in [4.78, 5) is 14.4. The average molecular weight is 268 g/mol. The van der Waals surface area contributed by atoms with Crippen LogP contribution >= 0.6 is 0 Å². The summed E-state index contributed by atoms with van der Waals surface area (Å²) in [5.74, 6) is 0.512. The number of pyridine rings is 1. The maximum Gasteiger partial charge on any atom is 0.107 e. The molecule has 1 aromatic heterocycles. The van der Waals surface area contributed by atoms with E-state index in [1.54, 1.807) is 6.20 Å². The van der Waals surface area contributed by atoms with Crippen molar-refractivity contribution in [2.24, 2.45) is 0 Å². The zero-order valence-electron chi connectivity index (χ0n) is 11.4. The molecule has 0 saturated heterocycles. The second-order valence-corrected chi connectivity index (χ2v) is 4.99. The SMILES string of the molecule is CCOOCc1ccc2ncc(C#N)c(C3CC3)c2c1. The molecule has 0 radical (unpaired) electrons. The molecule has 1 fully saturated rings. The number of nitriles is 1. The van der Waals surface area contributed by atoms with E-state index in [1.807, 2.05) is 19.1 Å². The summed E-state index contributed by atoms with van der Waals surface area (Å²) in [6.07, 6.45) is 4.01. The van der Waals surface area contributed by atoms with Crippen LogP contribution in [0.15, 0.2) is 24.4 Å². The summed E-state index contributed by atoms with van der Waals surface area (Å²) in [6.45, 7) is 2.82. The third-order valence-corrected chi connectivity index (χ3v) is 3.51. The molecule has 0 unspecified atom stereocenters. The van der Waals surface area contributed by atoms with Gasteiger partial charge in [-0.05, 0) is 48.9 Å². The number of hydrogen-bond donors (Lipinski definition) is 0. The van der Waals surface area contributed by atoms with Crippen LogP contribution in [-0.2, 0) is 16.4 Å². The first-order valence-electron chi connectivity index (χ1n) is 6.89. The zero-order chi connectivity index (χ0) is 13.9. The molecule has 1 aromatic carbocycles. The van der Waals surface area contributed by atoms with Crippen LogP contribution in [0.25, 0.3) is 10.9 Å². The van der Waals surface area contributed by atoms with Crippen LogP contribution in [0.1, 0.15) is 42.4 Å². The number of benzene rings is 1. The third-order valence-electron chi connectivity index (χ3n) is 3.51. The van der Waals surface area contributed by atoms with Crippen molar-refractivity contribution in [1.29, 1.82) is 5.26 Å². The largest absolute Gasteiger partial charge is 0.255 e. The molecule has 4 heteroatoms. The smallest absolute Gasteiger partial charge is 0.107 e. The van der Waals surface area contributed by atoms with Gasteiger partial charge in [-0.1, -0.05) is 6.07 Å². The fraction of sp³-hybridized carbons (Fsp3) is 0.375. The molecule has 0 spiro atoms. The number of aromatic nitrogens is 1. The Bertz CT molecular complexity index is 672. The Hall–Kier alpha value is -1.96. The minimum atomic E-state index is 0.407. The van der Waals surface area contributed by atoms with Gasteiger partial charge in [-0.2, -0.15) is 5.26 Å². The topological polar surface area (TPSA) is 55.1 Å². The second kappa shape index (κ2) is 5.58. The Kier molecular flexibility index (Phi) is 3.64. The first kappa shape index (κ1) is 13.0. The third kappa shape index (κ3) is 2.51. The molecular weight excluding hydrogens is 252 g/mol. The highest BCUT2D eigenvalue weighted by atomic mass is 17.2. The highest BCUT2D eigenvalue weighted by Crippen LogP contribution is 2.44. The number of hydrogen-bond acceptors (Lipinski definition) is 4. The van der Waals surface area contributed by atoms with Crippen LogP contribution in [0.3, 0.4) is 0 Å². The second-order valence-electron chi connectivity index (χ2n) is 4.99. The van der Waals surface area contributed by atoms with Crippen molar-refractivity contribution in [3.63, 3.8) is 0 Å². The summed E-state index contributed by atoms with van der Waals surface area (Å²) in [5, 5.41) is 10.3. The van der Waals surface area contributed by atoms with Gasteiger partial charge in [0.2, 0.25) is 0 Å². The van der Waals surface area contributed by atoms with E-state index in [0.29, 0.717) is 24.7 Å². The maximum atomic E-state index is 9.26. The van der Waals surface area contributed by atoms with E-state index in [0.717, 1.165) is 34.9 Å². The molecule has 20 heavy (non-hydrogen) atoms. The van der Waals surface area contributed by atoms with Gasteiger partial charge in [-0.15, -0.1) is 0 Å². The fourth-order valence-corrected chi connectivity index (χ4v) is 2.44. The average Bonchev–Trinajstić information content (AvgIpc) is 3.30. The molecule has 3 rings (SSSR count).